The van der Waals surface area contributed by atoms with Gasteiger partial charge in [0.05, 0.1) is 39.9 Å². The summed E-state index contributed by atoms with van der Waals surface area (Å²) < 4.78 is 5.36. The van der Waals surface area contributed by atoms with Gasteiger partial charge in [0.2, 0.25) is 0 Å². The molecule has 1 aliphatic heterocycles. The number of benzene rings is 2. The van der Waals surface area contributed by atoms with Gasteiger partial charge in [-0.25, -0.2) is 4.90 Å². The van der Waals surface area contributed by atoms with Gasteiger partial charge >= 0.3 is 0 Å². The van der Waals surface area contributed by atoms with Crippen LogP contribution in [0.3, 0.4) is 0 Å². The number of aliphatic hydroxyl groups excluding tert-OH is 1. The Morgan fingerprint density at radius 1 is 1.07 bits per heavy atom. The first kappa shape index (κ1) is 19.8. The van der Waals surface area contributed by atoms with Crippen molar-refractivity contribution in [2.45, 2.75) is 0 Å². The van der Waals surface area contributed by atoms with Crippen LogP contribution in [0.2, 0.25) is 10.0 Å². The van der Waals surface area contributed by atoms with Gasteiger partial charge in [-0.1, -0.05) is 47.5 Å². The van der Waals surface area contributed by atoms with E-state index < -0.39 is 11.8 Å². The second-order valence-electron chi connectivity index (χ2n) is 5.50. The molecule has 0 saturated carbocycles. The molecule has 0 saturated heterocycles. The molecule has 27 heavy (non-hydrogen) atoms. The summed E-state index contributed by atoms with van der Waals surface area (Å²) in [6.45, 7) is -0.132. The normalized spacial score (nSPS) is 14.3. The number of methoxy groups -OCH3 is 1. The van der Waals surface area contributed by atoms with Crippen molar-refractivity contribution in [1.29, 1.82) is 0 Å². The average Bonchev–Trinajstić information content (AvgIpc) is 2.92. The minimum Gasteiger partial charge on any atom is -0.496 e. The van der Waals surface area contributed by atoms with Crippen LogP contribution in [0, 0.1) is 0 Å². The predicted molar refractivity (Wildman–Crippen MR) is 108 cm³/mol. The predicted octanol–water partition coefficient (Wildman–Crippen LogP) is 4.01. The van der Waals surface area contributed by atoms with Crippen molar-refractivity contribution in [3.05, 3.63) is 63.0 Å². The number of thioether (sulfide) groups is 1. The van der Waals surface area contributed by atoms with E-state index >= 15 is 0 Å². The lowest BCUT2D eigenvalue weighted by molar-refractivity contribution is -0.119. The third kappa shape index (κ3) is 3.58. The molecule has 0 spiro atoms. The summed E-state index contributed by atoms with van der Waals surface area (Å²) in [5, 5.41) is 9.54. The number of amides is 2. The molecule has 1 heterocycles. The Morgan fingerprint density at radius 2 is 1.81 bits per heavy atom. The Kier molecular flexibility index (Phi) is 6.11. The maximum absolute atomic E-state index is 13.2. The second kappa shape index (κ2) is 8.35. The van der Waals surface area contributed by atoms with E-state index in [1.54, 1.807) is 42.5 Å². The first-order valence-electron chi connectivity index (χ1n) is 7.95. The zero-order valence-corrected chi connectivity index (χ0v) is 16.6. The first-order valence-corrected chi connectivity index (χ1v) is 9.69. The van der Waals surface area contributed by atoms with E-state index in [0.29, 0.717) is 11.3 Å². The van der Waals surface area contributed by atoms with Crippen LogP contribution < -0.4 is 9.64 Å². The van der Waals surface area contributed by atoms with Crippen molar-refractivity contribution in [2.24, 2.45) is 0 Å². The lowest BCUT2D eigenvalue weighted by Gasteiger charge is -2.17. The van der Waals surface area contributed by atoms with Crippen LogP contribution in [0.5, 0.6) is 5.75 Å². The number of hydrogen-bond donors (Lipinski definition) is 1. The summed E-state index contributed by atoms with van der Waals surface area (Å²) in [6, 6.07) is 11.7. The number of ether oxygens (including phenoxy) is 1. The van der Waals surface area contributed by atoms with Crippen LogP contribution in [-0.4, -0.2) is 36.4 Å². The zero-order chi connectivity index (χ0) is 19.6. The van der Waals surface area contributed by atoms with Crippen molar-refractivity contribution in [3.63, 3.8) is 0 Å². The molecule has 2 aromatic rings. The van der Waals surface area contributed by atoms with E-state index in [1.807, 2.05) is 0 Å². The SMILES string of the molecule is COc1ccccc1C1=C(SCCO)C(=O)N(c2cccc(Cl)c2Cl)C1=O. The number of nitrogens with zero attached hydrogens (tertiary/aromatic N) is 1. The van der Waals surface area contributed by atoms with Gasteiger partial charge in [0.25, 0.3) is 11.8 Å². The molecule has 1 N–H and O–H groups in total. The fourth-order valence-electron chi connectivity index (χ4n) is 2.76. The topological polar surface area (TPSA) is 66.8 Å². The summed E-state index contributed by atoms with van der Waals surface area (Å²) in [6.07, 6.45) is 0. The summed E-state index contributed by atoms with van der Waals surface area (Å²) in [5.74, 6) is -0.295. The lowest BCUT2D eigenvalue weighted by Crippen LogP contribution is -2.31. The molecule has 0 aromatic heterocycles. The van der Waals surface area contributed by atoms with Gasteiger partial charge < -0.3 is 9.84 Å². The summed E-state index contributed by atoms with van der Waals surface area (Å²) in [7, 11) is 1.49. The Bertz CT molecular complexity index is 945. The molecular weight excluding hydrogens is 409 g/mol. The van der Waals surface area contributed by atoms with Crippen LogP contribution in [0.4, 0.5) is 5.69 Å². The molecule has 8 heteroatoms. The molecule has 0 fully saturated rings. The Balaban J connectivity index is 2.16. The Morgan fingerprint density at radius 3 is 2.52 bits per heavy atom. The number of aliphatic hydroxyl groups is 1. The number of halogens is 2. The molecule has 0 aliphatic carbocycles. The number of carbonyl (C=O) groups excluding carboxylic acids is 2. The fourth-order valence-corrected chi connectivity index (χ4v) is 4.00. The number of anilines is 1. The number of imide groups is 1. The molecular formula is C19H15Cl2NO4S. The molecule has 1 aliphatic rings. The number of rotatable bonds is 6. The maximum Gasteiger partial charge on any atom is 0.272 e. The molecule has 5 nitrogen and oxygen atoms in total. The summed E-state index contributed by atoms with van der Waals surface area (Å²) in [5.41, 5.74) is 0.928. The van der Waals surface area contributed by atoms with Crippen LogP contribution in [-0.2, 0) is 9.59 Å². The number of carbonyl (C=O) groups is 2. The van der Waals surface area contributed by atoms with E-state index in [2.05, 4.69) is 0 Å². The standard InChI is InChI=1S/C19H15Cl2NO4S/c1-26-14-8-3-2-5-11(14)15-17(27-10-9-23)19(25)22(18(15)24)13-7-4-6-12(20)16(13)21/h2-8,23H,9-10H2,1H3. The van der Waals surface area contributed by atoms with Crippen molar-refractivity contribution < 1.29 is 19.4 Å². The summed E-state index contributed by atoms with van der Waals surface area (Å²) in [4.78, 5) is 27.5. The molecule has 2 aromatic carbocycles. The zero-order valence-electron chi connectivity index (χ0n) is 14.2. The number of para-hydroxylation sites is 1. The van der Waals surface area contributed by atoms with Gasteiger partial charge in [0.15, 0.2) is 0 Å². The van der Waals surface area contributed by atoms with Gasteiger partial charge in [-0.15, -0.1) is 11.8 Å². The molecule has 140 valence electrons. The van der Waals surface area contributed by atoms with Gasteiger partial charge in [0, 0.05) is 11.3 Å². The number of hydrogen-bond acceptors (Lipinski definition) is 5. The van der Waals surface area contributed by atoms with Crippen LogP contribution in [0.15, 0.2) is 47.4 Å². The van der Waals surface area contributed by atoms with E-state index in [1.165, 1.54) is 7.11 Å². The van der Waals surface area contributed by atoms with Gasteiger partial charge in [-0.2, -0.15) is 0 Å². The third-order valence-electron chi connectivity index (χ3n) is 3.93. The highest BCUT2D eigenvalue weighted by Gasteiger charge is 2.42. The van der Waals surface area contributed by atoms with E-state index in [-0.39, 0.29) is 38.6 Å². The van der Waals surface area contributed by atoms with Crippen molar-refractivity contribution in [1.82, 2.24) is 0 Å². The second-order valence-corrected chi connectivity index (χ2v) is 7.39. The lowest BCUT2D eigenvalue weighted by atomic mass is 10.0. The van der Waals surface area contributed by atoms with Crippen molar-refractivity contribution in [3.8, 4) is 5.75 Å². The molecule has 3 rings (SSSR count). The van der Waals surface area contributed by atoms with E-state index in [0.717, 1.165) is 16.7 Å². The molecule has 0 radical (unpaired) electrons. The molecule has 0 bridgehead atoms. The first-order chi connectivity index (χ1) is 13.0. The average molecular weight is 424 g/mol. The highest BCUT2D eigenvalue weighted by molar-refractivity contribution is 8.04. The van der Waals surface area contributed by atoms with Crippen LogP contribution in [0.25, 0.3) is 5.57 Å². The third-order valence-corrected chi connectivity index (χ3v) is 5.79. The Hall–Kier alpha value is -1.99. The maximum atomic E-state index is 13.2. The fraction of sp³-hybridized carbons (Fsp3) is 0.158. The molecule has 2 amide bonds. The van der Waals surface area contributed by atoms with Crippen LogP contribution in [0.1, 0.15) is 5.56 Å². The quantitative estimate of drug-likeness (QED) is 0.710. The minimum atomic E-state index is -0.519. The molecule has 0 unspecified atom stereocenters. The smallest absolute Gasteiger partial charge is 0.272 e. The highest BCUT2D eigenvalue weighted by Crippen LogP contribution is 2.43. The molecule has 0 atom stereocenters. The monoisotopic (exact) mass is 423 g/mol. The highest BCUT2D eigenvalue weighted by atomic mass is 35.5. The van der Waals surface area contributed by atoms with Crippen LogP contribution >= 0.6 is 35.0 Å². The van der Waals surface area contributed by atoms with E-state index in [9.17, 15) is 14.7 Å². The van der Waals surface area contributed by atoms with Crippen molar-refractivity contribution in [2.75, 3.05) is 24.4 Å². The van der Waals surface area contributed by atoms with Gasteiger partial charge in [-0.05, 0) is 18.2 Å². The summed E-state index contributed by atoms with van der Waals surface area (Å²) >= 11 is 13.4. The van der Waals surface area contributed by atoms with Crippen molar-refractivity contribution >= 4 is 58.0 Å². The Labute approximate surface area is 170 Å². The van der Waals surface area contributed by atoms with Gasteiger partial charge in [0.1, 0.15) is 5.75 Å². The minimum absolute atomic E-state index is 0.119. The van der Waals surface area contributed by atoms with E-state index in [4.69, 9.17) is 27.9 Å². The van der Waals surface area contributed by atoms with Gasteiger partial charge in [-0.3, -0.25) is 9.59 Å². The largest absolute Gasteiger partial charge is 0.496 e.